The number of ether oxygens (including phenoxy) is 1. The third kappa shape index (κ3) is 5.37. The summed E-state index contributed by atoms with van der Waals surface area (Å²) >= 11 is 1.24. The summed E-state index contributed by atoms with van der Waals surface area (Å²) in [5.74, 6) is -0.883. The molecule has 178 valence electrons. The van der Waals surface area contributed by atoms with E-state index in [2.05, 4.69) is 10.2 Å². The number of anilines is 2. The van der Waals surface area contributed by atoms with Gasteiger partial charge in [0.1, 0.15) is 22.1 Å². The number of phenolic OH excluding ortho intramolecular Hbond substituents is 1. The van der Waals surface area contributed by atoms with Gasteiger partial charge in [0.2, 0.25) is 5.91 Å². The number of aromatic hydroxyl groups is 1. The minimum atomic E-state index is -0.533. The van der Waals surface area contributed by atoms with Gasteiger partial charge < -0.3 is 20.1 Å². The number of para-hydroxylation sites is 2. The first-order valence-electron chi connectivity index (χ1n) is 11.1. The van der Waals surface area contributed by atoms with E-state index in [4.69, 9.17) is 4.74 Å². The monoisotopic (exact) mass is 483 g/mol. The highest BCUT2D eigenvalue weighted by atomic mass is 32.1. The highest BCUT2D eigenvalue weighted by Gasteiger charge is 2.25. The number of piperazine rings is 1. The van der Waals surface area contributed by atoms with Crippen molar-refractivity contribution >= 4 is 33.9 Å². The number of carbonyl (C=O) groups excluding carboxylic acids is 2. The quantitative estimate of drug-likeness (QED) is 0.491. The van der Waals surface area contributed by atoms with E-state index in [1.54, 1.807) is 36.6 Å². The van der Waals surface area contributed by atoms with Gasteiger partial charge in [0.25, 0.3) is 0 Å². The van der Waals surface area contributed by atoms with E-state index in [0.717, 1.165) is 5.69 Å². The second-order valence-electron chi connectivity index (χ2n) is 7.88. The van der Waals surface area contributed by atoms with E-state index in [-0.39, 0.29) is 36.2 Å². The Labute approximate surface area is 201 Å². The number of nitrogens with one attached hydrogen (secondary N) is 1. The SMILES string of the molecule is CCOC(=O)c1c(-c2ccc(F)cc2)csc1NC(=O)CN1CCN(c2ccccc2O)CC1. The number of benzene rings is 2. The molecule has 1 amide bonds. The van der Waals surface area contributed by atoms with Gasteiger partial charge in [0, 0.05) is 37.1 Å². The molecule has 1 aromatic heterocycles. The summed E-state index contributed by atoms with van der Waals surface area (Å²) in [5.41, 5.74) is 2.32. The summed E-state index contributed by atoms with van der Waals surface area (Å²) < 4.78 is 18.6. The van der Waals surface area contributed by atoms with E-state index in [1.165, 1.54) is 23.5 Å². The van der Waals surface area contributed by atoms with Gasteiger partial charge in [-0.25, -0.2) is 9.18 Å². The van der Waals surface area contributed by atoms with E-state index in [1.807, 2.05) is 17.0 Å². The second kappa shape index (κ2) is 10.7. The molecule has 2 N–H and O–H groups in total. The van der Waals surface area contributed by atoms with Crippen molar-refractivity contribution in [3.63, 3.8) is 0 Å². The molecule has 1 fully saturated rings. The van der Waals surface area contributed by atoms with Crippen molar-refractivity contribution in [1.29, 1.82) is 0 Å². The lowest BCUT2D eigenvalue weighted by Crippen LogP contribution is -2.48. The average Bonchev–Trinajstić information content (AvgIpc) is 3.24. The van der Waals surface area contributed by atoms with Crippen LogP contribution in [0.15, 0.2) is 53.9 Å². The molecule has 7 nitrogen and oxygen atoms in total. The molecular formula is C25H26FN3O4S. The lowest BCUT2D eigenvalue weighted by molar-refractivity contribution is -0.117. The number of rotatable bonds is 7. The number of amides is 1. The van der Waals surface area contributed by atoms with E-state index < -0.39 is 5.97 Å². The van der Waals surface area contributed by atoms with Crippen molar-refractivity contribution in [2.24, 2.45) is 0 Å². The Hall–Kier alpha value is -3.43. The van der Waals surface area contributed by atoms with Gasteiger partial charge in [-0.3, -0.25) is 9.69 Å². The predicted molar refractivity (Wildman–Crippen MR) is 131 cm³/mol. The van der Waals surface area contributed by atoms with Crippen molar-refractivity contribution in [2.45, 2.75) is 6.92 Å². The van der Waals surface area contributed by atoms with Crippen LogP contribution in [-0.2, 0) is 9.53 Å². The fraction of sp³-hybridized carbons (Fsp3) is 0.280. The van der Waals surface area contributed by atoms with Crippen molar-refractivity contribution in [2.75, 3.05) is 49.5 Å². The van der Waals surface area contributed by atoms with Crippen molar-refractivity contribution in [3.05, 3.63) is 65.3 Å². The summed E-state index contributed by atoms with van der Waals surface area (Å²) in [7, 11) is 0. The summed E-state index contributed by atoms with van der Waals surface area (Å²) in [4.78, 5) is 29.6. The highest BCUT2D eigenvalue weighted by Crippen LogP contribution is 2.36. The molecule has 1 aliphatic heterocycles. The van der Waals surface area contributed by atoms with Crippen LogP contribution in [0.5, 0.6) is 5.75 Å². The smallest absolute Gasteiger partial charge is 0.341 e. The Morgan fingerprint density at radius 1 is 1.09 bits per heavy atom. The van der Waals surface area contributed by atoms with Crippen LogP contribution in [0, 0.1) is 5.82 Å². The summed E-state index contributed by atoms with van der Waals surface area (Å²) in [6, 6.07) is 13.1. The molecule has 0 radical (unpaired) electrons. The van der Waals surface area contributed by atoms with Crippen LogP contribution < -0.4 is 10.2 Å². The Balaban J connectivity index is 1.42. The van der Waals surface area contributed by atoms with E-state index in [9.17, 15) is 19.1 Å². The summed E-state index contributed by atoms with van der Waals surface area (Å²) in [5, 5.41) is 15.1. The lowest BCUT2D eigenvalue weighted by atomic mass is 10.0. The maximum absolute atomic E-state index is 13.4. The largest absolute Gasteiger partial charge is 0.506 e. The first-order chi connectivity index (χ1) is 16.5. The molecule has 2 aromatic carbocycles. The predicted octanol–water partition coefficient (Wildman–Crippen LogP) is 4.20. The first kappa shape index (κ1) is 23.7. The topological polar surface area (TPSA) is 82.1 Å². The molecule has 0 unspecified atom stereocenters. The third-order valence-corrected chi connectivity index (χ3v) is 6.54. The van der Waals surface area contributed by atoms with Crippen LogP contribution in [0.1, 0.15) is 17.3 Å². The van der Waals surface area contributed by atoms with Crippen LogP contribution in [0.3, 0.4) is 0 Å². The standard InChI is InChI=1S/C25H26FN3O4S/c1-2-33-25(32)23-19(17-7-9-18(26)10-8-17)16-34-24(23)27-22(31)15-28-11-13-29(14-12-28)20-5-3-4-6-21(20)30/h3-10,16,30H,2,11-15H2,1H3,(H,27,31). The molecule has 1 aliphatic rings. The Kier molecular flexibility index (Phi) is 7.44. The van der Waals surface area contributed by atoms with Crippen molar-refractivity contribution < 1.29 is 23.8 Å². The Morgan fingerprint density at radius 3 is 2.47 bits per heavy atom. The maximum Gasteiger partial charge on any atom is 0.341 e. The number of hydrogen-bond donors (Lipinski definition) is 2. The fourth-order valence-electron chi connectivity index (χ4n) is 3.95. The molecule has 34 heavy (non-hydrogen) atoms. The van der Waals surface area contributed by atoms with Gasteiger partial charge in [-0.05, 0) is 36.8 Å². The number of carbonyl (C=O) groups is 2. The molecule has 9 heteroatoms. The number of nitrogens with zero attached hydrogens (tertiary/aromatic N) is 2. The zero-order chi connectivity index (χ0) is 24.1. The maximum atomic E-state index is 13.4. The molecule has 0 atom stereocenters. The lowest BCUT2D eigenvalue weighted by Gasteiger charge is -2.35. The number of hydrogen-bond acceptors (Lipinski definition) is 7. The minimum absolute atomic E-state index is 0.181. The van der Waals surface area contributed by atoms with Gasteiger partial charge in [-0.1, -0.05) is 24.3 Å². The van der Waals surface area contributed by atoms with Crippen LogP contribution in [-0.4, -0.2) is 61.2 Å². The third-order valence-electron chi connectivity index (χ3n) is 5.64. The molecule has 0 aliphatic carbocycles. The van der Waals surface area contributed by atoms with Gasteiger partial charge in [-0.15, -0.1) is 11.3 Å². The van der Waals surface area contributed by atoms with Crippen molar-refractivity contribution in [1.82, 2.24) is 4.90 Å². The molecule has 3 aromatic rings. The second-order valence-corrected chi connectivity index (χ2v) is 8.76. The minimum Gasteiger partial charge on any atom is -0.506 e. The molecule has 4 rings (SSSR count). The van der Waals surface area contributed by atoms with E-state index in [0.29, 0.717) is 42.3 Å². The summed E-state index contributed by atoms with van der Waals surface area (Å²) in [6.45, 7) is 4.80. The molecule has 2 heterocycles. The van der Waals surface area contributed by atoms with Gasteiger partial charge in [-0.2, -0.15) is 0 Å². The summed E-state index contributed by atoms with van der Waals surface area (Å²) in [6.07, 6.45) is 0. The van der Waals surface area contributed by atoms with Gasteiger partial charge >= 0.3 is 5.97 Å². The van der Waals surface area contributed by atoms with Gasteiger partial charge in [0.05, 0.1) is 18.8 Å². The van der Waals surface area contributed by atoms with Gasteiger partial charge in [0.15, 0.2) is 0 Å². The molecular weight excluding hydrogens is 457 g/mol. The zero-order valence-corrected chi connectivity index (χ0v) is 19.6. The Bertz CT molecular complexity index is 1160. The normalized spacial score (nSPS) is 14.1. The fourth-order valence-corrected chi connectivity index (χ4v) is 4.92. The van der Waals surface area contributed by atoms with Crippen LogP contribution in [0.2, 0.25) is 0 Å². The molecule has 0 spiro atoms. The number of thiophene rings is 1. The molecule has 1 saturated heterocycles. The number of halogens is 1. The van der Waals surface area contributed by atoms with Crippen molar-refractivity contribution in [3.8, 4) is 16.9 Å². The average molecular weight is 484 g/mol. The molecule has 0 saturated carbocycles. The number of esters is 1. The number of phenols is 1. The van der Waals surface area contributed by atoms with Crippen LogP contribution >= 0.6 is 11.3 Å². The Morgan fingerprint density at radius 2 is 1.79 bits per heavy atom. The van der Waals surface area contributed by atoms with Crippen LogP contribution in [0.25, 0.3) is 11.1 Å². The highest BCUT2D eigenvalue weighted by molar-refractivity contribution is 7.15. The first-order valence-corrected chi connectivity index (χ1v) is 11.9. The molecule has 0 bridgehead atoms. The van der Waals surface area contributed by atoms with Crippen LogP contribution in [0.4, 0.5) is 15.1 Å². The van der Waals surface area contributed by atoms with E-state index >= 15 is 0 Å². The zero-order valence-electron chi connectivity index (χ0n) is 18.8.